The first-order valence-corrected chi connectivity index (χ1v) is 7.48. The van der Waals surface area contributed by atoms with E-state index in [1.165, 1.54) is 18.4 Å². The predicted molar refractivity (Wildman–Crippen MR) is 82.7 cm³/mol. The summed E-state index contributed by atoms with van der Waals surface area (Å²) >= 11 is 5.99. The van der Waals surface area contributed by atoms with E-state index in [4.69, 9.17) is 11.6 Å². The Morgan fingerprint density at radius 2 is 1.86 bits per heavy atom. The van der Waals surface area contributed by atoms with E-state index >= 15 is 0 Å². The van der Waals surface area contributed by atoms with Crippen molar-refractivity contribution in [1.82, 2.24) is 19.9 Å². The zero-order chi connectivity index (χ0) is 14.5. The standard InChI is InChI=1S/C14H17ClN6/c15-12-18-13(17-8-5-11-3-6-16-7-4-11)20-14(19-12)21-9-1-2-10-21/h3-4,6-7H,1-2,5,8-10H2,(H,17,18,19,20). The molecule has 6 nitrogen and oxygen atoms in total. The lowest BCUT2D eigenvalue weighted by Crippen LogP contribution is -2.21. The molecule has 1 aliphatic heterocycles. The third kappa shape index (κ3) is 3.78. The minimum atomic E-state index is 0.235. The second-order valence-corrected chi connectivity index (χ2v) is 5.29. The number of halogens is 1. The Bertz CT molecular complexity index is 585. The predicted octanol–water partition coefficient (Wildman–Crippen LogP) is 2.17. The highest BCUT2D eigenvalue weighted by Gasteiger charge is 2.16. The zero-order valence-corrected chi connectivity index (χ0v) is 12.4. The van der Waals surface area contributed by atoms with E-state index in [0.29, 0.717) is 11.9 Å². The van der Waals surface area contributed by atoms with Crippen LogP contribution in [-0.2, 0) is 6.42 Å². The lowest BCUT2D eigenvalue weighted by Gasteiger charge is -2.15. The molecule has 0 amide bonds. The van der Waals surface area contributed by atoms with Crippen LogP contribution in [0.3, 0.4) is 0 Å². The topological polar surface area (TPSA) is 66.8 Å². The fraction of sp³-hybridized carbons (Fsp3) is 0.429. The third-order valence-electron chi connectivity index (χ3n) is 3.43. The molecule has 2 aromatic rings. The Kier molecular flexibility index (Phi) is 4.45. The van der Waals surface area contributed by atoms with E-state index in [2.05, 4.69) is 30.2 Å². The van der Waals surface area contributed by atoms with E-state index in [-0.39, 0.29) is 5.28 Å². The molecule has 0 aliphatic carbocycles. The molecule has 0 radical (unpaired) electrons. The average molecular weight is 305 g/mol. The number of hydrogen-bond acceptors (Lipinski definition) is 6. The highest BCUT2D eigenvalue weighted by atomic mass is 35.5. The SMILES string of the molecule is Clc1nc(NCCc2ccncc2)nc(N2CCCC2)n1. The van der Waals surface area contributed by atoms with Gasteiger partial charge in [0.1, 0.15) is 0 Å². The van der Waals surface area contributed by atoms with Crippen molar-refractivity contribution in [2.45, 2.75) is 19.3 Å². The lowest BCUT2D eigenvalue weighted by molar-refractivity contribution is 0.873. The molecule has 0 unspecified atom stereocenters. The van der Waals surface area contributed by atoms with Crippen LogP contribution in [-0.4, -0.2) is 39.6 Å². The minimum absolute atomic E-state index is 0.235. The van der Waals surface area contributed by atoms with Gasteiger partial charge in [0.25, 0.3) is 0 Å². The molecule has 3 rings (SSSR count). The van der Waals surface area contributed by atoms with Gasteiger partial charge in [-0.25, -0.2) is 0 Å². The second kappa shape index (κ2) is 6.67. The monoisotopic (exact) mass is 304 g/mol. The molecule has 0 saturated carbocycles. The number of anilines is 2. The first-order valence-electron chi connectivity index (χ1n) is 7.10. The summed E-state index contributed by atoms with van der Waals surface area (Å²) < 4.78 is 0. The van der Waals surface area contributed by atoms with Crippen molar-refractivity contribution < 1.29 is 0 Å². The smallest absolute Gasteiger partial charge is 0.231 e. The van der Waals surface area contributed by atoms with E-state index in [0.717, 1.165) is 26.1 Å². The largest absolute Gasteiger partial charge is 0.354 e. The molecule has 0 atom stereocenters. The van der Waals surface area contributed by atoms with Gasteiger partial charge in [0.05, 0.1) is 0 Å². The summed E-state index contributed by atoms with van der Waals surface area (Å²) in [6.07, 6.45) is 6.81. The zero-order valence-electron chi connectivity index (χ0n) is 11.7. The van der Waals surface area contributed by atoms with Crippen LogP contribution in [0.5, 0.6) is 0 Å². The van der Waals surface area contributed by atoms with E-state index in [1.807, 2.05) is 12.1 Å². The summed E-state index contributed by atoms with van der Waals surface area (Å²) in [5.41, 5.74) is 1.22. The maximum absolute atomic E-state index is 5.99. The van der Waals surface area contributed by atoms with Crippen LogP contribution in [0.25, 0.3) is 0 Å². The average Bonchev–Trinajstić information content (AvgIpc) is 3.02. The van der Waals surface area contributed by atoms with Gasteiger partial charge in [-0.15, -0.1) is 0 Å². The van der Waals surface area contributed by atoms with Crippen molar-refractivity contribution in [3.05, 3.63) is 35.4 Å². The molecule has 1 aliphatic rings. The molecule has 2 aromatic heterocycles. The molecule has 1 saturated heterocycles. The number of hydrogen-bond donors (Lipinski definition) is 1. The van der Waals surface area contributed by atoms with E-state index in [9.17, 15) is 0 Å². The molecule has 7 heteroatoms. The fourth-order valence-corrected chi connectivity index (χ4v) is 2.50. The molecule has 1 N–H and O–H groups in total. The van der Waals surface area contributed by atoms with Crippen LogP contribution in [0.1, 0.15) is 18.4 Å². The van der Waals surface area contributed by atoms with Crippen LogP contribution in [0, 0.1) is 0 Å². The van der Waals surface area contributed by atoms with Gasteiger partial charge in [0, 0.05) is 32.0 Å². The van der Waals surface area contributed by atoms with Gasteiger partial charge in [-0.3, -0.25) is 4.98 Å². The van der Waals surface area contributed by atoms with Gasteiger partial charge in [0.15, 0.2) is 0 Å². The molecule has 1 fully saturated rings. The molecule has 21 heavy (non-hydrogen) atoms. The number of nitrogens with zero attached hydrogens (tertiary/aromatic N) is 5. The summed E-state index contributed by atoms with van der Waals surface area (Å²) in [6, 6.07) is 4.00. The van der Waals surface area contributed by atoms with Crippen LogP contribution in [0.15, 0.2) is 24.5 Å². The Balaban J connectivity index is 1.62. The molecular weight excluding hydrogens is 288 g/mol. The molecule has 0 aromatic carbocycles. The minimum Gasteiger partial charge on any atom is -0.354 e. The number of pyridine rings is 1. The molecule has 110 valence electrons. The van der Waals surface area contributed by atoms with Gasteiger partial charge in [-0.2, -0.15) is 15.0 Å². The Labute approximate surface area is 128 Å². The molecule has 3 heterocycles. The van der Waals surface area contributed by atoms with Crippen molar-refractivity contribution in [3.8, 4) is 0 Å². The van der Waals surface area contributed by atoms with Crippen molar-refractivity contribution in [2.24, 2.45) is 0 Å². The number of aromatic nitrogens is 4. The molecule has 0 spiro atoms. The Morgan fingerprint density at radius 3 is 2.62 bits per heavy atom. The maximum Gasteiger partial charge on any atom is 0.231 e. The summed E-state index contributed by atoms with van der Waals surface area (Å²) in [7, 11) is 0. The highest BCUT2D eigenvalue weighted by Crippen LogP contribution is 2.18. The summed E-state index contributed by atoms with van der Waals surface area (Å²) in [5, 5.41) is 3.44. The summed E-state index contributed by atoms with van der Waals surface area (Å²) in [4.78, 5) is 18.9. The summed E-state index contributed by atoms with van der Waals surface area (Å²) in [5.74, 6) is 1.20. The third-order valence-corrected chi connectivity index (χ3v) is 3.60. The molecule has 0 bridgehead atoms. The molecular formula is C14H17ClN6. The van der Waals surface area contributed by atoms with Gasteiger partial charge in [0.2, 0.25) is 17.2 Å². The first kappa shape index (κ1) is 14.0. The van der Waals surface area contributed by atoms with Crippen LogP contribution in [0.2, 0.25) is 5.28 Å². The van der Waals surface area contributed by atoms with Crippen molar-refractivity contribution in [3.63, 3.8) is 0 Å². The quantitative estimate of drug-likeness (QED) is 0.913. The fourth-order valence-electron chi connectivity index (χ4n) is 2.35. The number of rotatable bonds is 5. The maximum atomic E-state index is 5.99. The van der Waals surface area contributed by atoms with Crippen molar-refractivity contribution in [1.29, 1.82) is 0 Å². The van der Waals surface area contributed by atoms with E-state index in [1.54, 1.807) is 12.4 Å². The second-order valence-electron chi connectivity index (χ2n) is 4.95. The van der Waals surface area contributed by atoms with Crippen molar-refractivity contribution >= 4 is 23.5 Å². The lowest BCUT2D eigenvalue weighted by atomic mass is 10.2. The van der Waals surface area contributed by atoms with Crippen LogP contribution >= 0.6 is 11.6 Å². The van der Waals surface area contributed by atoms with Gasteiger partial charge < -0.3 is 10.2 Å². The van der Waals surface area contributed by atoms with Gasteiger partial charge in [-0.05, 0) is 48.6 Å². The van der Waals surface area contributed by atoms with Gasteiger partial charge in [-0.1, -0.05) is 0 Å². The van der Waals surface area contributed by atoms with Crippen LogP contribution in [0.4, 0.5) is 11.9 Å². The normalized spacial score (nSPS) is 14.4. The highest BCUT2D eigenvalue weighted by molar-refractivity contribution is 6.28. The Hall–Kier alpha value is -1.95. The Morgan fingerprint density at radius 1 is 1.10 bits per heavy atom. The van der Waals surface area contributed by atoms with Crippen molar-refractivity contribution in [2.75, 3.05) is 29.9 Å². The van der Waals surface area contributed by atoms with E-state index < -0.39 is 0 Å². The summed E-state index contributed by atoms with van der Waals surface area (Å²) in [6.45, 7) is 2.71. The number of nitrogens with one attached hydrogen (secondary N) is 1. The van der Waals surface area contributed by atoms with Crippen LogP contribution < -0.4 is 10.2 Å². The van der Waals surface area contributed by atoms with Gasteiger partial charge >= 0.3 is 0 Å². The first-order chi connectivity index (χ1) is 10.3.